The molecule has 0 spiro atoms. The lowest BCUT2D eigenvalue weighted by Crippen LogP contribution is -2.43. The van der Waals surface area contributed by atoms with Crippen molar-refractivity contribution in [2.75, 3.05) is 10.7 Å². The molecule has 1 aliphatic rings. The van der Waals surface area contributed by atoms with Gasteiger partial charge in [-0.25, -0.2) is 4.39 Å². The zero-order valence-electron chi connectivity index (χ0n) is 15.7. The summed E-state index contributed by atoms with van der Waals surface area (Å²) in [5.41, 5.74) is 2.61. The van der Waals surface area contributed by atoms with Crippen LogP contribution < -0.4 is 4.90 Å². The van der Waals surface area contributed by atoms with Crippen molar-refractivity contribution in [1.82, 2.24) is 19.7 Å². The number of benzene rings is 1. The van der Waals surface area contributed by atoms with Crippen molar-refractivity contribution in [1.29, 1.82) is 0 Å². The molecule has 3 aromatic rings. The number of aromatic nitrogens is 4. The molecule has 6 nitrogen and oxygen atoms in total. The molecule has 0 aliphatic carbocycles. The van der Waals surface area contributed by atoms with E-state index in [4.69, 9.17) is 0 Å². The molecule has 1 atom stereocenters. The van der Waals surface area contributed by atoms with Crippen LogP contribution in [0.5, 0.6) is 0 Å². The second kappa shape index (κ2) is 7.71. The van der Waals surface area contributed by atoms with Gasteiger partial charge in [-0.15, -0.1) is 10.2 Å². The minimum atomic E-state index is -0.266. The number of pyridine rings is 1. The number of amides is 1. The summed E-state index contributed by atoms with van der Waals surface area (Å²) in [6, 6.07) is 8.46. The number of aryl methyl sites for hydroxylation is 1. The van der Waals surface area contributed by atoms with E-state index in [0.717, 1.165) is 35.5 Å². The number of rotatable bonds is 4. The molecular formula is C20H20FN5OS. The van der Waals surface area contributed by atoms with Crippen LogP contribution in [0, 0.1) is 5.82 Å². The van der Waals surface area contributed by atoms with Gasteiger partial charge in [0.15, 0.2) is 11.0 Å². The van der Waals surface area contributed by atoms with Crippen LogP contribution in [0.15, 0.2) is 47.9 Å². The van der Waals surface area contributed by atoms with E-state index in [-0.39, 0.29) is 23.5 Å². The smallest absolute Gasteiger partial charge is 0.237 e. The summed E-state index contributed by atoms with van der Waals surface area (Å²) in [7, 11) is 1.88. The van der Waals surface area contributed by atoms with E-state index in [9.17, 15) is 9.18 Å². The monoisotopic (exact) mass is 397 g/mol. The highest BCUT2D eigenvalue weighted by molar-refractivity contribution is 7.99. The number of carbonyl (C=O) groups excluding carboxylic acids is 1. The Kier molecular flexibility index (Phi) is 5.13. The van der Waals surface area contributed by atoms with Crippen molar-refractivity contribution >= 4 is 23.4 Å². The zero-order valence-corrected chi connectivity index (χ0v) is 16.5. The Labute approximate surface area is 166 Å². The lowest BCUT2D eigenvalue weighted by atomic mass is 9.96. The SMILES string of the molecule is C[C@@H]1CCc2cc(F)ccc2N1C(=O)CSc1nnc(-c2ccncc2)n1C. The molecule has 0 saturated heterocycles. The summed E-state index contributed by atoms with van der Waals surface area (Å²) >= 11 is 1.35. The van der Waals surface area contributed by atoms with E-state index in [2.05, 4.69) is 15.2 Å². The molecule has 0 radical (unpaired) electrons. The number of fused-ring (bicyclic) bond motifs is 1. The van der Waals surface area contributed by atoms with E-state index in [1.54, 1.807) is 23.4 Å². The number of halogens is 1. The van der Waals surface area contributed by atoms with Crippen molar-refractivity contribution in [3.05, 3.63) is 54.1 Å². The minimum Gasteiger partial charge on any atom is -0.309 e. The lowest BCUT2D eigenvalue weighted by molar-refractivity contribution is -0.116. The van der Waals surface area contributed by atoms with E-state index in [0.29, 0.717) is 5.16 Å². The Balaban J connectivity index is 1.51. The van der Waals surface area contributed by atoms with Gasteiger partial charge in [-0.05, 0) is 55.7 Å². The molecule has 0 saturated carbocycles. The fourth-order valence-electron chi connectivity index (χ4n) is 3.49. The average Bonchev–Trinajstić information content (AvgIpc) is 3.07. The topological polar surface area (TPSA) is 63.9 Å². The maximum absolute atomic E-state index is 13.5. The molecule has 0 N–H and O–H groups in total. The van der Waals surface area contributed by atoms with E-state index in [1.807, 2.05) is 30.7 Å². The summed E-state index contributed by atoms with van der Waals surface area (Å²) in [5.74, 6) is 0.685. The molecule has 0 bridgehead atoms. The highest BCUT2D eigenvalue weighted by atomic mass is 32.2. The van der Waals surface area contributed by atoms with Crippen molar-refractivity contribution in [2.24, 2.45) is 7.05 Å². The van der Waals surface area contributed by atoms with E-state index in [1.165, 1.54) is 23.9 Å². The van der Waals surface area contributed by atoms with Crippen molar-refractivity contribution < 1.29 is 9.18 Å². The maximum Gasteiger partial charge on any atom is 0.237 e. The maximum atomic E-state index is 13.5. The van der Waals surface area contributed by atoms with Gasteiger partial charge in [-0.1, -0.05) is 11.8 Å². The molecule has 0 unspecified atom stereocenters. The average molecular weight is 397 g/mol. The minimum absolute atomic E-state index is 0.0153. The standard InChI is InChI=1S/C20H20FN5OS/c1-13-3-4-15-11-16(21)5-6-17(15)26(13)18(27)12-28-20-24-23-19(25(20)2)14-7-9-22-10-8-14/h5-11,13H,3-4,12H2,1-2H3/t13-/m1/s1. The van der Waals surface area contributed by atoms with Crippen LogP contribution >= 0.6 is 11.8 Å². The van der Waals surface area contributed by atoms with E-state index >= 15 is 0 Å². The predicted octanol–water partition coefficient (Wildman–Crippen LogP) is 3.48. The number of hydrogen-bond donors (Lipinski definition) is 0. The van der Waals surface area contributed by atoms with Gasteiger partial charge in [0.2, 0.25) is 5.91 Å². The van der Waals surface area contributed by atoms with Gasteiger partial charge < -0.3 is 9.47 Å². The Morgan fingerprint density at radius 2 is 2.04 bits per heavy atom. The summed E-state index contributed by atoms with van der Waals surface area (Å²) < 4.78 is 15.4. The number of carbonyl (C=O) groups is 1. The van der Waals surface area contributed by atoms with Crippen LogP contribution in [0.3, 0.4) is 0 Å². The quantitative estimate of drug-likeness (QED) is 0.631. The molecule has 3 heterocycles. The highest BCUT2D eigenvalue weighted by Gasteiger charge is 2.28. The van der Waals surface area contributed by atoms with Crippen LogP contribution in [-0.4, -0.2) is 37.5 Å². The normalized spacial score (nSPS) is 16.1. The van der Waals surface area contributed by atoms with Gasteiger partial charge in [-0.2, -0.15) is 0 Å². The van der Waals surface area contributed by atoms with Gasteiger partial charge in [0.1, 0.15) is 5.82 Å². The summed E-state index contributed by atoms with van der Waals surface area (Å²) in [6.07, 6.45) is 5.02. The third kappa shape index (κ3) is 3.52. The summed E-state index contributed by atoms with van der Waals surface area (Å²) in [6.45, 7) is 2.03. The first-order valence-electron chi connectivity index (χ1n) is 9.07. The Bertz CT molecular complexity index is 1010. The third-order valence-corrected chi connectivity index (χ3v) is 5.95. The highest BCUT2D eigenvalue weighted by Crippen LogP contribution is 2.32. The van der Waals surface area contributed by atoms with Gasteiger partial charge in [0.25, 0.3) is 0 Å². The molecule has 1 amide bonds. The first kappa shape index (κ1) is 18.6. The Hall–Kier alpha value is -2.74. The molecular weight excluding hydrogens is 377 g/mol. The van der Waals surface area contributed by atoms with Crippen molar-refractivity contribution in [3.8, 4) is 11.4 Å². The molecule has 28 heavy (non-hydrogen) atoms. The number of hydrogen-bond acceptors (Lipinski definition) is 5. The summed E-state index contributed by atoms with van der Waals surface area (Å²) in [4.78, 5) is 18.8. The van der Waals surface area contributed by atoms with Crippen LogP contribution in [-0.2, 0) is 18.3 Å². The van der Waals surface area contributed by atoms with Crippen molar-refractivity contribution in [3.63, 3.8) is 0 Å². The van der Waals surface area contributed by atoms with Gasteiger partial charge in [-0.3, -0.25) is 9.78 Å². The second-order valence-electron chi connectivity index (χ2n) is 6.81. The number of nitrogens with zero attached hydrogens (tertiary/aromatic N) is 5. The largest absolute Gasteiger partial charge is 0.309 e. The molecule has 1 aromatic carbocycles. The van der Waals surface area contributed by atoms with Crippen molar-refractivity contribution in [2.45, 2.75) is 31.0 Å². The molecule has 0 fully saturated rings. The zero-order chi connectivity index (χ0) is 19.7. The van der Waals surface area contributed by atoms with Gasteiger partial charge >= 0.3 is 0 Å². The molecule has 8 heteroatoms. The second-order valence-corrected chi connectivity index (χ2v) is 7.76. The van der Waals surface area contributed by atoms with Crippen LogP contribution in [0.1, 0.15) is 18.9 Å². The van der Waals surface area contributed by atoms with Gasteiger partial charge in [0.05, 0.1) is 5.75 Å². The van der Waals surface area contributed by atoms with Crippen LogP contribution in [0.2, 0.25) is 0 Å². The van der Waals surface area contributed by atoms with Gasteiger partial charge in [0, 0.05) is 36.7 Å². The Morgan fingerprint density at radius 1 is 1.25 bits per heavy atom. The first-order valence-corrected chi connectivity index (χ1v) is 10.1. The van der Waals surface area contributed by atoms with E-state index < -0.39 is 0 Å². The first-order chi connectivity index (χ1) is 13.5. The van der Waals surface area contributed by atoms with Crippen LogP contribution in [0.4, 0.5) is 10.1 Å². The molecule has 2 aromatic heterocycles. The van der Waals surface area contributed by atoms with Crippen LogP contribution in [0.25, 0.3) is 11.4 Å². The third-order valence-electron chi connectivity index (χ3n) is 4.94. The fourth-order valence-corrected chi connectivity index (χ4v) is 4.26. The molecule has 144 valence electrons. The lowest BCUT2D eigenvalue weighted by Gasteiger charge is -2.35. The molecule has 1 aliphatic heterocycles. The summed E-state index contributed by atoms with van der Waals surface area (Å²) in [5, 5.41) is 9.12. The predicted molar refractivity (Wildman–Crippen MR) is 107 cm³/mol. The Morgan fingerprint density at radius 3 is 2.82 bits per heavy atom. The molecule has 4 rings (SSSR count). The number of anilines is 1. The fraction of sp³-hybridized carbons (Fsp3) is 0.300. The number of thioether (sulfide) groups is 1.